The number of hydrogen-bond donors (Lipinski definition) is 2. The molecule has 0 bridgehead atoms. The molecule has 0 saturated carbocycles. The van der Waals surface area contributed by atoms with Crippen molar-refractivity contribution in [1.82, 2.24) is 15.6 Å². The Labute approximate surface area is 139 Å². The Morgan fingerprint density at radius 3 is 2.73 bits per heavy atom. The standard InChI is InChI=1S/C16H14ClN3OS/c17-14-6-3-12(4-7-14)5-8-15(21)20-16(22)19-11-13-2-1-9-18-10-13/h1-10H,11H2,(H2,19,20,21,22). The summed E-state index contributed by atoms with van der Waals surface area (Å²) in [6.07, 6.45) is 6.54. The van der Waals surface area contributed by atoms with Gasteiger partial charge in [-0.15, -0.1) is 0 Å². The fourth-order valence-electron chi connectivity index (χ4n) is 1.63. The molecule has 0 atom stereocenters. The van der Waals surface area contributed by atoms with Gasteiger partial charge in [0.2, 0.25) is 5.91 Å². The van der Waals surface area contributed by atoms with Crippen molar-refractivity contribution in [1.29, 1.82) is 0 Å². The third kappa shape index (κ3) is 5.63. The van der Waals surface area contributed by atoms with E-state index in [1.165, 1.54) is 6.08 Å². The minimum Gasteiger partial charge on any atom is -0.358 e. The van der Waals surface area contributed by atoms with Crippen LogP contribution >= 0.6 is 23.8 Å². The lowest BCUT2D eigenvalue weighted by atomic mass is 10.2. The van der Waals surface area contributed by atoms with Crippen molar-refractivity contribution in [2.45, 2.75) is 6.54 Å². The molecule has 22 heavy (non-hydrogen) atoms. The average molecular weight is 332 g/mol. The first-order chi connectivity index (χ1) is 10.6. The first kappa shape index (κ1) is 16.1. The normalized spacial score (nSPS) is 10.4. The molecule has 112 valence electrons. The van der Waals surface area contributed by atoms with E-state index in [1.54, 1.807) is 30.6 Å². The van der Waals surface area contributed by atoms with Crippen molar-refractivity contribution in [3.63, 3.8) is 0 Å². The maximum absolute atomic E-state index is 11.7. The number of pyridine rings is 1. The van der Waals surface area contributed by atoms with Crippen LogP contribution in [0.4, 0.5) is 0 Å². The van der Waals surface area contributed by atoms with Crippen LogP contribution in [0.25, 0.3) is 6.08 Å². The van der Waals surface area contributed by atoms with E-state index in [2.05, 4.69) is 15.6 Å². The fourth-order valence-corrected chi connectivity index (χ4v) is 1.93. The van der Waals surface area contributed by atoms with Gasteiger partial charge in [0, 0.05) is 30.0 Å². The second kappa shape index (κ2) is 8.26. The Bertz CT molecular complexity index is 672. The lowest BCUT2D eigenvalue weighted by molar-refractivity contribution is -0.115. The van der Waals surface area contributed by atoms with Gasteiger partial charge in [0.15, 0.2) is 5.11 Å². The summed E-state index contributed by atoms with van der Waals surface area (Å²) in [5, 5.41) is 6.45. The van der Waals surface area contributed by atoms with E-state index < -0.39 is 0 Å². The number of thiocarbonyl (C=S) groups is 1. The molecular formula is C16H14ClN3OS. The predicted octanol–water partition coefficient (Wildman–Crippen LogP) is 2.94. The lowest BCUT2D eigenvalue weighted by Crippen LogP contribution is -2.37. The van der Waals surface area contributed by atoms with Crippen LogP contribution in [0.1, 0.15) is 11.1 Å². The molecule has 2 aromatic rings. The lowest BCUT2D eigenvalue weighted by Gasteiger charge is -2.07. The zero-order valence-corrected chi connectivity index (χ0v) is 13.2. The largest absolute Gasteiger partial charge is 0.358 e. The number of halogens is 1. The van der Waals surface area contributed by atoms with Crippen LogP contribution < -0.4 is 10.6 Å². The van der Waals surface area contributed by atoms with Gasteiger partial charge in [0.1, 0.15) is 0 Å². The topological polar surface area (TPSA) is 54.0 Å². The zero-order chi connectivity index (χ0) is 15.8. The van der Waals surface area contributed by atoms with Crippen molar-refractivity contribution >= 4 is 40.9 Å². The SMILES string of the molecule is O=C(C=Cc1ccc(Cl)cc1)NC(=S)NCc1cccnc1. The van der Waals surface area contributed by atoms with E-state index in [1.807, 2.05) is 24.3 Å². The maximum Gasteiger partial charge on any atom is 0.250 e. The zero-order valence-electron chi connectivity index (χ0n) is 11.6. The molecule has 0 spiro atoms. The summed E-state index contributed by atoms with van der Waals surface area (Å²) in [5.74, 6) is -0.293. The molecule has 1 amide bonds. The molecule has 0 aliphatic carbocycles. The van der Waals surface area contributed by atoms with E-state index in [9.17, 15) is 4.79 Å². The van der Waals surface area contributed by atoms with Crippen molar-refractivity contribution in [2.24, 2.45) is 0 Å². The number of benzene rings is 1. The van der Waals surface area contributed by atoms with E-state index in [-0.39, 0.29) is 11.0 Å². The van der Waals surface area contributed by atoms with Gasteiger partial charge < -0.3 is 5.32 Å². The highest BCUT2D eigenvalue weighted by Crippen LogP contribution is 2.10. The summed E-state index contributed by atoms with van der Waals surface area (Å²) in [6, 6.07) is 10.9. The highest BCUT2D eigenvalue weighted by atomic mass is 35.5. The number of carbonyl (C=O) groups excluding carboxylic acids is 1. The summed E-state index contributed by atoms with van der Waals surface area (Å²) >= 11 is 10.9. The number of nitrogens with one attached hydrogen (secondary N) is 2. The van der Waals surface area contributed by atoms with Crippen LogP contribution in [-0.4, -0.2) is 16.0 Å². The molecule has 4 nitrogen and oxygen atoms in total. The number of nitrogens with zero attached hydrogens (tertiary/aromatic N) is 1. The molecule has 0 aliphatic heterocycles. The molecular weight excluding hydrogens is 318 g/mol. The van der Waals surface area contributed by atoms with Crippen LogP contribution in [0, 0.1) is 0 Å². The molecule has 2 rings (SSSR count). The molecule has 0 aliphatic rings. The highest BCUT2D eigenvalue weighted by molar-refractivity contribution is 7.80. The molecule has 1 aromatic carbocycles. The maximum atomic E-state index is 11.7. The number of rotatable bonds is 4. The first-order valence-corrected chi connectivity index (χ1v) is 7.33. The molecule has 1 aromatic heterocycles. The van der Waals surface area contributed by atoms with Gasteiger partial charge in [-0.05, 0) is 47.6 Å². The number of hydrogen-bond acceptors (Lipinski definition) is 3. The van der Waals surface area contributed by atoms with Crippen LogP contribution in [0.15, 0.2) is 54.9 Å². The monoisotopic (exact) mass is 331 g/mol. The van der Waals surface area contributed by atoms with Gasteiger partial charge in [-0.2, -0.15) is 0 Å². The molecule has 0 unspecified atom stereocenters. The molecule has 1 heterocycles. The fraction of sp³-hybridized carbons (Fsp3) is 0.0625. The van der Waals surface area contributed by atoms with Crippen LogP contribution in [-0.2, 0) is 11.3 Å². The van der Waals surface area contributed by atoms with Gasteiger partial charge in [-0.1, -0.05) is 29.8 Å². The Kier molecular flexibility index (Phi) is 6.06. The smallest absolute Gasteiger partial charge is 0.250 e. The Morgan fingerprint density at radius 1 is 1.27 bits per heavy atom. The van der Waals surface area contributed by atoms with Crippen LogP contribution in [0.2, 0.25) is 5.02 Å². The molecule has 6 heteroatoms. The van der Waals surface area contributed by atoms with E-state index in [0.29, 0.717) is 11.6 Å². The van der Waals surface area contributed by atoms with E-state index >= 15 is 0 Å². The molecule has 0 radical (unpaired) electrons. The summed E-state index contributed by atoms with van der Waals surface area (Å²) in [5.41, 5.74) is 1.87. The highest BCUT2D eigenvalue weighted by Gasteiger charge is 2.00. The average Bonchev–Trinajstić information content (AvgIpc) is 2.53. The van der Waals surface area contributed by atoms with E-state index in [0.717, 1.165) is 11.1 Å². The van der Waals surface area contributed by atoms with Crippen molar-refractivity contribution in [2.75, 3.05) is 0 Å². The van der Waals surface area contributed by atoms with Gasteiger partial charge in [0.25, 0.3) is 0 Å². The second-order valence-electron chi connectivity index (χ2n) is 4.42. The summed E-state index contributed by atoms with van der Waals surface area (Å²) in [6.45, 7) is 0.508. The van der Waals surface area contributed by atoms with Gasteiger partial charge in [-0.25, -0.2) is 0 Å². The van der Waals surface area contributed by atoms with Crippen LogP contribution in [0.3, 0.4) is 0 Å². The number of carbonyl (C=O) groups is 1. The Balaban J connectivity index is 1.78. The summed E-state index contributed by atoms with van der Waals surface area (Å²) in [4.78, 5) is 15.7. The van der Waals surface area contributed by atoms with E-state index in [4.69, 9.17) is 23.8 Å². The number of aromatic nitrogens is 1. The van der Waals surface area contributed by atoms with Crippen LogP contribution in [0.5, 0.6) is 0 Å². The van der Waals surface area contributed by atoms with Gasteiger partial charge >= 0.3 is 0 Å². The second-order valence-corrected chi connectivity index (χ2v) is 5.26. The minimum atomic E-state index is -0.293. The van der Waals surface area contributed by atoms with Gasteiger partial charge in [0.05, 0.1) is 0 Å². The molecule has 0 saturated heterocycles. The quantitative estimate of drug-likeness (QED) is 0.668. The number of amides is 1. The van der Waals surface area contributed by atoms with Crippen molar-refractivity contribution < 1.29 is 4.79 Å². The third-order valence-electron chi connectivity index (χ3n) is 2.71. The Morgan fingerprint density at radius 2 is 2.05 bits per heavy atom. The Hall–Kier alpha value is -2.24. The summed E-state index contributed by atoms with van der Waals surface area (Å²) < 4.78 is 0. The first-order valence-electron chi connectivity index (χ1n) is 6.55. The summed E-state index contributed by atoms with van der Waals surface area (Å²) in [7, 11) is 0. The van der Waals surface area contributed by atoms with Gasteiger partial charge in [-0.3, -0.25) is 15.1 Å². The van der Waals surface area contributed by atoms with Crippen molar-refractivity contribution in [3.05, 3.63) is 71.0 Å². The third-order valence-corrected chi connectivity index (χ3v) is 3.21. The van der Waals surface area contributed by atoms with Crippen molar-refractivity contribution in [3.8, 4) is 0 Å². The predicted molar refractivity (Wildman–Crippen MR) is 92.3 cm³/mol. The molecule has 0 fully saturated rings. The minimum absolute atomic E-state index is 0.273. The molecule has 2 N–H and O–H groups in total.